The standard InChI is InChI=1S/C26H32N6O5/c1-26(2,3)37-25(35)31-11-6-9-20(31)17-36-24(34)28-19-8-5-7-18(13-19)14-22-23(33)10-12-32(29-22)21-15-27-30(4)16-21/h5,7-8,10,12-13,15-16,20H,6,9,11,14,17H2,1-4H3,(H,28,34)/t20-/m1/s1. The molecule has 0 aliphatic carbocycles. The molecule has 2 aromatic heterocycles. The molecule has 1 saturated heterocycles. The van der Waals surface area contributed by atoms with E-state index in [4.69, 9.17) is 9.47 Å². The Hall–Kier alpha value is -4.15. The molecule has 3 heterocycles. The minimum Gasteiger partial charge on any atom is -0.447 e. The first-order chi connectivity index (χ1) is 17.6. The number of rotatable bonds is 6. The highest BCUT2D eigenvalue weighted by molar-refractivity contribution is 5.84. The summed E-state index contributed by atoms with van der Waals surface area (Å²) in [6, 6.07) is 8.40. The van der Waals surface area contributed by atoms with Crippen LogP contribution >= 0.6 is 0 Å². The summed E-state index contributed by atoms with van der Waals surface area (Å²) in [7, 11) is 1.81. The lowest BCUT2D eigenvalue weighted by atomic mass is 10.1. The number of carbonyl (C=O) groups is 2. The van der Waals surface area contributed by atoms with E-state index in [1.165, 1.54) is 6.07 Å². The fourth-order valence-electron chi connectivity index (χ4n) is 4.09. The maximum absolute atomic E-state index is 12.5. The van der Waals surface area contributed by atoms with Gasteiger partial charge in [0.25, 0.3) is 0 Å². The molecular weight excluding hydrogens is 476 g/mol. The zero-order chi connectivity index (χ0) is 26.6. The number of ether oxygens (including phenoxy) is 2. The number of aromatic nitrogens is 4. The number of carbonyl (C=O) groups excluding carboxylic acids is 2. The quantitative estimate of drug-likeness (QED) is 0.541. The minimum atomic E-state index is -0.620. The van der Waals surface area contributed by atoms with Gasteiger partial charge in [0.05, 0.1) is 18.4 Å². The van der Waals surface area contributed by atoms with Crippen molar-refractivity contribution in [3.63, 3.8) is 0 Å². The van der Waals surface area contributed by atoms with Crippen molar-refractivity contribution < 1.29 is 19.1 Å². The number of aryl methyl sites for hydroxylation is 1. The molecule has 3 aromatic rings. The second-order valence-corrected chi connectivity index (χ2v) is 10.0. The van der Waals surface area contributed by atoms with Gasteiger partial charge in [0.2, 0.25) is 5.43 Å². The molecule has 2 amide bonds. The second-order valence-electron chi connectivity index (χ2n) is 10.0. The normalized spacial score (nSPS) is 15.5. The first-order valence-electron chi connectivity index (χ1n) is 12.2. The summed E-state index contributed by atoms with van der Waals surface area (Å²) in [5.74, 6) is 0. The van der Waals surface area contributed by atoms with Gasteiger partial charge in [0.15, 0.2) is 0 Å². The Balaban J connectivity index is 1.35. The second kappa shape index (κ2) is 10.9. The molecular formula is C26H32N6O5. The highest BCUT2D eigenvalue weighted by Crippen LogP contribution is 2.21. The topological polar surface area (TPSA) is 121 Å². The molecule has 4 rings (SSSR count). The zero-order valence-electron chi connectivity index (χ0n) is 21.5. The van der Waals surface area contributed by atoms with Crippen molar-refractivity contribution in [1.82, 2.24) is 24.5 Å². The summed E-state index contributed by atoms with van der Waals surface area (Å²) in [5.41, 5.74) is 1.68. The number of hydrogen-bond donors (Lipinski definition) is 1. The van der Waals surface area contributed by atoms with E-state index < -0.39 is 17.8 Å². The minimum absolute atomic E-state index is 0.0760. The van der Waals surface area contributed by atoms with Crippen LogP contribution in [0.3, 0.4) is 0 Å². The third kappa shape index (κ3) is 6.96. The number of nitrogens with zero attached hydrogens (tertiary/aromatic N) is 5. The van der Waals surface area contributed by atoms with Gasteiger partial charge in [0.1, 0.15) is 23.6 Å². The Labute approximate surface area is 215 Å². The molecule has 1 fully saturated rings. The Morgan fingerprint density at radius 1 is 1.22 bits per heavy atom. The number of hydrogen-bond acceptors (Lipinski definition) is 7. The van der Waals surface area contributed by atoms with Crippen LogP contribution in [0.4, 0.5) is 15.3 Å². The van der Waals surface area contributed by atoms with E-state index in [9.17, 15) is 14.4 Å². The van der Waals surface area contributed by atoms with E-state index in [1.807, 2.05) is 26.8 Å². The number of amides is 2. The van der Waals surface area contributed by atoms with Crippen molar-refractivity contribution in [2.45, 2.75) is 51.7 Å². The van der Waals surface area contributed by atoms with Gasteiger partial charge in [-0.25, -0.2) is 14.3 Å². The number of nitrogens with one attached hydrogen (secondary N) is 1. The van der Waals surface area contributed by atoms with E-state index in [0.29, 0.717) is 17.9 Å². The highest BCUT2D eigenvalue weighted by atomic mass is 16.6. The van der Waals surface area contributed by atoms with E-state index in [1.54, 1.807) is 58.1 Å². The van der Waals surface area contributed by atoms with E-state index in [0.717, 1.165) is 24.1 Å². The van der Waals surface area contributed by atoms with Crippen LogP contribution in [0.5, 0.6) is 0 Å². The Kier molecular flexibility index (Phi) is 7.61. The van der Waals surface area contributed by atoms with Crippen LogP contribution in [-0.4, -0.2) is 61.4 Å². The molecule has 0 saturated carbocycles. The first-order valence-corrected chi connectivity index (χ1v) is 12.2. The lowest BCUT2D eigenvalue weighted by molar-refractivity contribution is 0.0165. The van der Waals surface area contributed by atoms with Crippen LogP contribution in [0.1, 0.15) is 44.9 Å². The smallest absolute Gasteiger partial charge is 0.411 e. The van der Waals surface area contributed by atoms with Gasteiger partial charge in [-0.1, -0.05) is 12.1 Å². The predicted octanol–water partition coefficient (Wildman–Crippen LogP) is 3.50. The summed E-state index contributed by atoms with van der Waals surface area (Å²) in [6.07, 6.45) is 5.90. The molecule has 0 bridgehead atoms. The Morgan fingerprint density at radius 3 is 2.76 bits per heavy atom. The molecule has 196 valence electrons. The van der Waals surface area contributed by atoms with Crippen LogP contribution in [0.25, 0.3) is 5.69 Å². The van der Waals surface area contributed by atoms with E-state index in [2.05, 4.69) is 15.5 Å². The Morgan fingerprint density at radius 2 is 2.03 bits per heavy atom. The average molecular weight is 509 g/mol. The third-order valence-electron chi connectivity index (χ3n) is 5.79. The molecule has 1 aliphatic rings. The van der Waals surface area contributed by atoms with Gasteiger partial charge in [-0.05, 0) is 51.3 Å². The number of benzene rings is 1. The molecule has 11 nitrogen and oxygen atoms in total. The third-order valence-corrected chi connectivity index (χ3v) is 5.79. The van der Waals surface area contributed by atoms with Gasteiger partial charge in [-0.2, -0.15) is 10.2 Å². The monoisotopic (exact) mass is 508 g/mol. The summed E-state index contributed by atoms with van der Waals surface area (Å²) in [5, 5.41) is 11.3. The van der Waals surface area contributed by atoms with Crippen molar-refractivity contribution >= 4 is 17.9 Å². The maximum atomic E-state index is 12.5. The summed E-state index contributed by atoms with van der Waals surface area (Å²) in [4.78, 5) is 38.9. The van der Waals surface area contributed by atoms with Crippen molar-refractivity contribution in [1.29, 1.82) is 0 Å². The van der Waals surface area contributed by atoms with Crippen molar-refractivity contribution in [2.24, 2.45) is 7.05 Å². The highest BCUT2D eigenvalue weighted by Gasteiger charge is 2.33. The summed E-state index contributed by atoms with van der Waals surface area (Å²) < 4.78 is 14.1. The fraction of sp³-hybridized carbons (Fsp3) is 0.423. The molecule has 1 aliphatic heterocycles. The van der Waals surface area contributed by atoms with Gasteiger partial charge >= 0.3 is 12.2 Å². The van der Waals surface area contributed by atoms with Gasteiger partial charge < -0.3 is 14.4 Å². The van der Waals surface area contributed by atoms with E-state index >= 15 is 0 Å². The van der Waals surface area contributed by atoms with Crippen LogP contribution in [0.2, 0.25) is 0 Å². The molecule has 0 spiro atoms. The van der Waals surface area contributed by atoms with Gasteiger partial charge in [0, 0.05) is 38.0 Å². The summed E-state index contributed by atoms with van der Waals surface area (Å²) in [6.45, 7) is 6.10. The molecule has 37 heavy (non-hydrogen) atoms. The van der Waals surface area contributed by atoms with Crippen LogP contribution in [-0.2, 0) is 22.9 Å². The van der Waals surface area contributed by atoms with Gasteiger partial charge in [-0.15, -0.1) is 0 Å². The number of likely N-dealkylation sites (tertiary alicyclic amines) is 1. The molecule has 0 radical (unpaired) electrons. The van der Waals surface area contributed by atoms with Crippen LogP contribution in [0.15, 0.2) is 53.7 Å². The van der Waals surface area contributed by atoms with Crippen LogP contribution in [0, 0.1) is 0 Å². The van der Waals surface area contributed by atoms with Gasteiger partial charge in [-0.3, -0.25) is 14.8 Å². The van der Waals surface area contributed by atoms with Crippen molar-refractivity contribution in [3.8, 4) is 5.69 Å². The zero-order valence-corrected chi connectivity index (χ0v) is 21.5. The van der Waals surface area contributed by atoms with Crippen LogP contribution < -0.4 is 10.7 Å². The number of anilines is 1. The largest absolute Gasteiger partial charge is 0.447 e. The average Bonchev–Trinajstić information content (AvgIpc) is 3.47. The molecule has 1 N–H and O–H groups in total. The Bertz CT molecular complexity index is 1330. The molecule has 11 heteroatoms. The molecule has 1 atom stereocenters. The predicted molar refractivity (Wildman–Crippen MR) is 137 cm³/mol. The summed E-state index contributed by atoms with van der Waals surface area (Å²) >= 11 is 0. The first kappa shape index (κ1) is 25.9. The van der Waals surface area contributed by atoms with E-state index in [-0.39, 0.29) is 24.5 Å². The molecule has 0 unspecified atom stereocenters. The fourth-order valence-corrected chi connectivity index (χ4v) is 4.09. The lowest BCUT2D eigenvalue weighted by Crippen LogP contribution is -2.42. The maximum Gasteiger partial charge on any atom is 0.411 e. The van der Waals surface area contributed by atoms with Crippen molar-refractivity contribution in [2.75, 3.05) is 18.5 Å². The lowest BCUT2D eigenvalue weighted by Gasteiger charge is -2.28. The SMILES string of the molecule is Cn1cc(-n2ccc(=O)c(Cc3cccc(NC(=O)OC[C@H]4CCCN4C(=O)OC(C)(C)C)c3)n2)cn1. The van der Waals surface area contributed by atoms with Crippen molar-refractivity contribution in [3.05, 3.63) is 70.4 Å². The molecule has 1 aromatic carbocycles.